The molecule has 0 atom stereocenters. The van der Waals surface area contributed by atoms with Crippen molar-refractivity contribution in [3.63, 3.8) is 0 Å². The van der Waals surface area contributed by atoms with E-state index in [4.69, 9.17) is 11.6 Å². The summed E-state index contributed by atoms with van der Waals surface area (Å²) in [4.78, 5) is 0.283. The highest BCUT2D eigenvalue weighted by molar-refractivity contribution is 7.91. The second kappa shape index (κ2) is 3.92. The molecule has 0 saturated carbocycles. The molecule has 0 unspecified atom stereocenters. The lowest BCUT2D eigenvalue weighted by molar-refractivity contribution is 0.597. The molecule has 0 fully saturated rings. The Hall–Kier alpha value is -0.540. The molecule has 0 amide bonds. The number of hydrogen-bond donors (Lipinski definition) is 0. The van der Waals surface area contributed by atoms with Crippen molar-refractivity contribution in [2.24, 2.45) is 0 Å². The summed E-state index contributed by atoms with van der Waals surface area (Å²) in [6, 6.07) is 8.98. The van der Waals surface area contributed by atoms with Crippen LogP contribution in [-0.2, 0) is 9.84 Å². The summed E-state index contributed by atoms with van der Waals surface area (Å²) in [6.07, 6.45) is 0. The van der Waals surface area contributed by atoms with Crippen molar-refractivity contribution in [3.8, 4) is 0 Å². The molecule has 1 aromatic carbocycles. The van der Waals surface area contributed by atoms with Crippen LogP contribution in [0.3, 0.4) is 0 Å². The molecule has 12 heavy (non-hydrogen) atoms. The van der Waals surface area contributed by atoms with Gasteiger partial charge in [0.2, 0.25) is 0 Å². The third-order valence-electron chi connectivity index (χ3n) is 1.38. The Balaban J connectivity index is 2.99. The van der Waals surface area contributed by atoms with Gasteiger partial charge in [-0.15, -0.1) is 11.6 Å². The van der Waals surface area contributed by atoms with E-state index in [1.807, 2.05) is 0 Å². The zero-order valence-electron chi connectivity index (χ0n) is 6.33. The maximum Gasteiger partial charge on any atom is 0.179 e. The summed E-state index contributed by atoms with van der Waals surface area (Å²) in [5.41, 5.74) is 0. The second-order valence-electron chi connectivity index (χ2n) is 2.25. The molecular formula is C8H8ClO2S. The first-order chi connectivity index (χ1) is 5.67. The van der Waals surface area contributed by atoms with Gasteiger partial charge in [0, 0.05) is 5.88 Å². The standard InChI is InChI=1S/C8H8ClO2S/c9-6-7-12(10,11)8-4-2-1-3-5-8/h1-2,4-5H,6-7H2. The van der Waals surface area contributed by atoms with Gasteiger partial charge in [-0.3, -0.25) is 0 Å². The molecule has 0 spiro atoms. The Morgan fingerprint density at radius 3 is 2.75 bits per heavy atom. The monoisotopic (exact) mass is 203 g/mol. The van der Waals surface area contributed by atoms with E-state index < -0.39 is 9.84 Å². The summed E-state index contributed by atoms with van der Waals surface area (Å²) in [6.45, 7) is 0. The molecule has 0 aliphatic heterocycles. The highest BCUT2D eigenvalue weighted by Crippen LogP contribution is 2.09. The fourth-order valence-electron chi connectivity index (χ4n) is 0.790. The van der Waals surface area contributed by atoms with Gasteiger partial charge in [-0.2, -0.15) is 0 Å². The number of rotatable bonds is 3. The summed E-state index contributed by atoms with van der Waals surface area (Å²) in [5, 5.41) is 0. The third kappa shape index (κ3) is 2.22. The van der Waals surface area contributed by atoms with Crippen LogP contribution in [0.1, 0.15) is 0 Å². The predicted molar refractivity (Wildman–Crippen MR) is 48.1 cm³/mol. The second-order valence-corrected chi connectivity index (χ2v) is 4.73. The molecule has 0 heterocycles. The van der Waals surface area contributed by atoms with Crippen molar-refractivity contribution in [2.75, 3.05) is 11.6 Å². The van der Waals surface area contributed by atoms with Crippen LogP contribution in [0.25, 0.3) is 0 Å². The van der Waals surface area contributed by atoms with Gasteiger partial charge >= 0.3 is 0 Å². The lowest BCUT2D eigenvalue weighted by atomic mass is 10.4. The zero-order valence-corrected chi connectivity index (χ0v) is 7.90. The molecule has 65 valence electrons. The fourth-order valence-corrected chi connectivity index (χ4v) is 2.37. The number of hydrogen-bond acceptors (Lipinski definition) is 2. The normalized spacial score (nSPS) is 11.4. The van der Waals surface area contributed by atoms with Crippen molar-refractivity contribution in [1.82, 2.24) is 0 Å². The first-order valence-corrected chi connectivity index (χ1v) is 5.60. The molecule has 0 bridgehead atoms. The van der Waals surface area contributed by atoms with E-state index in [1.54, 1.807) is 18.2 Å². The maximum atomic E-state index is 11.3. The Morgan fingerprint density at radius 2 is 2.25 bits per heavy atom. The Labute approximate surface area is 77.1 Å². The van der Waals surface area contributed by atoms with Crippen LogP contribution in [0, 0.1) is 6.07 Å². The van der Waals surface area contributed by atoms with Crippen LogP contribution in [0.5, 0.6) is 0 Å². The van der Waals surface area contributed by atoms with E-state index in [1.165, 1.54) is 6.07 Å². The fraction of sp³-hybridized carbons (Fsp3) is 0.250. The van der Waals surface area contributed by atoms with E-state index in [2.05, 4.69) is 6.07 Å². The molecule has 1 rings (SSSR count). The lowest BCUT2D eigenvalue weighted by Crippen LogP contribution is -2.07. The predicted octanol–water partition coefficient (Wildman–Crippen LogP) is 1.50. The van der Waals surface area contributed by atoms with Gasteiger partial charge in [0.1, 0.15) is 0 Å². The molecule has 1 radical (unpaired) electrons. The Kier molecular flexibility index (Phi) is 3.12. The van der Waals surface area contributed by atoms with Crippen LogP contribution in [0.4, 0.5) is 0 Å². The van der Waals surface area contributed by atoms with Gasteiger partial charge in [0.05, 0.1) is 10.6 Å². The molecule has 4 heteroatoms. The van der Waals surface area contributed by atoms with E-state index in [0.717, 1.165) is 0 Å². The largest absolute Gasteiger partial charge is 0.224 e. The summed E-state index contributed by atoms with van der Waals surface area (Å²) in [5.74, 6) is 0.101. The Bertz CT molecular complexity index is 331. The molecule has 0 saturated heterocycles. The van der Waals surface area contributed by atoms with Crippen molar-refractivity contribution in [1.29, 1.82) is 0 Å². The van der Waals surface area contributed by atoms with Crippen LogP contribution in [-0.4, -0.2) is 20.1 Å². The van der Waals surface area contributed by atoms with E-state index in [9.17, 15) is 8.42 Å². The molecule has 0 aromatic heterocycles. The molecule has 0 N–H and O–H groups in total. The van der Waals surface area contributed by atoms with Crippen molar-refractivity contribution >= 4 is 21.4 Å². The molecular weight excluding hydrogens is 196 g/mol. The molecule has 0 aliphatic carbocycles. The van der Waals surface area contributed by atoms with E-state index >= 15 is 0 Å². The highest BCUT2D eigenvalue weighted by atomic mass is 35.5. The molecule has 0 aliphatic rings. The van der Waals surface area contributed by atoms with Gasteiger partial charge in [-0.1, -0.05) is 12.1 Å². The zero-order chi connectivity index (χ0) is 9.03. The first-order valence-electron chi connectivity index (χ1n) is 3.41. The van der Waals surface area contributed by atoms with E-state index in [0.29, 0.717) is 0 Å². The summed E-state index contributed by atoms with van der Waals surface area (Å²) in [7, 11) is -3.17. The molecule has 2 nitrogen and oxygen atoms in total. The van der Waals surface area contributed by atoms with Gasteiger partial charge in [-0.25, -0.2) is 8.42 Å². The average molecular weight is 204 g/mol. The minimum atomic E-state index is -3.17. The van der Waals surface area contributed by atoms with Gasteiger partial charge in [-0.05, 0) is 18.2 Å². The molecule has 1 aromatic rings. The number of halogens is 1. The van der Waals surface area contributed by atoms with Crippen LogP contribution in [0.2, 0.25) is 0 Å². The summed E-state index contributed by atoms with van der Waals surface area (Å²) < 4.78 is 22.7. The topological polar surface area (TPSA) is 34.1 Å². The number of benzene rings is 1. The first kappa shape index (κ1) is 9.55. The average Bonchev–Trinajstić information content (AvgIpc) is 2.06. The minimum Gasteiger partial charge on any atom is -0.224 e. The van der Waals surface area contributed by atoms with Gasteiger partial charge < -0.3 is 0 Å². The van der Waals surface area contributed by atoms with Gasteiger partial charge in [0.25, 0.3) is 0 Å². The smallest absolute Gasteiger partial charge is 0.179 e. The summed E-state index contributed by atoms with van der Waals surface area (Å²) >= 11 is 5.35. The minimum absolute atomic E-state index is 0.0214. The maximum absolute atomic E-state index is 11.3. The van der Waals surface area contributed by atoms with Crippen LogP contribution >= 0.6 is 11.6 Å². The van der Waals surface area contributed by atoms with Crippen LogP contribution < -0.4 is 0 Å². The van der Waals surface area contributed by atoms with Crippen LogP contribution in [0.15, 0.2) is 29.2 Å². The quantitative estimate of drug-likeness (QED) is 0.698. The highest BCUT2D eigenvalue weighted by Gasteiger charge is 2.11. The third-order valence-corrected chi connectivity index (χ3v) is 3.51. The lowest BCUT2D eigenvalue weighted by Gasteiger charge is -1.99. The number of alkyl halides is 1. The number of sulfone groups is 1. The van der Waals surface area contributed by atoms with Crippen molar-refractivity contribution < 1.29 is 8.42 Å². The Morgan fingerprint density at radius 1 is 1.50 bits per heavy atom. The SMILES string of the molecule is O=S(=O)(CCCl)c1c[c]ccc1. The van der Waals surface area contributed by atoms with Crippen molar-refractivity contribution in [3.05, 3.63) is 30.3 Å². The van der Waals surface area contributed by atoms with Gasteiger partial charge in [0.15, 0.2) is 9.84 Å². The van der Waals surface area contributed by atoms with Crippen molar-refractivity contribution in [2.45, 2.75) is 4.90 Å². The van der Waals surface area contributed by atoms with E-state index in [-0.39, 0.29) is 16.5 Å².